The maximum Gasteiger partial charge on any atom is 0.272 e. The number of hydrogen-bond acceptors (Lipinski definition) is 4. The Balaban J connectivity index is 1.54. The molecule has 2 aromatic heterocycles. The molecule has 3 N–H and O–H groups in total. The first-order valence-electron chi connectivity index (χ1n) is 7.86. The molecule has 0 bridgehead atoms. The van der Waals surface area contributed by atoms with Gasteiger partial charge in [-0.2, -0.15) is 5.10 Å². The molecule has 4 rings (SSSR count). The van der Waals surface area contributed by atoms with Gasteiger partial charge in [-0.25, -0.2) is 4.39 Å². The van der Waals surface area contributed by atoms with E-state index in [4.69, 9.17) is 4.42 Å². The van der Waals surface area contributed by atoms with Crippen molar-refractivity contribution in [3.05, 3.63) is 52.3 Å². The minimum absolute atomic E-state index is 0.232. The summed E-state index contributed by atoms with van der Waals surface area (Å²) in [5, 5.41) is 13.8. The first kappa shape index (κ1) is 14.9. The van der Waals surface area contributed by atoms with E-state index < -0.39 is 0 Å². The van der Waals surface area contributed by atoms with Gasteiger partial charge in [-0.3, -0.25) is 9.89 Å². The van der Waals surface area contributed by atoms with Crippen LogP contribution in [0.15, 0.2) is 22.6 Å². The summed E-state index contributed by atoms with van der Waals surface area (Å²) in [7, 11) is 0. The standard InChI is InChI=1S/C17H17FN4O2/c1-9-11-6-10(18)2-3-14(11)24-15(9)8-20-17(23)16-12-7-19-5-4-13(12)21-22-16/h2-3,6,19H,4-5,7-8H2,1H3,(H,20,23)(H,21,22). The number of rotatable bonds is 3. The number of halogens is 1. The van der Waals surface area contributed by atoms with Gasteiger partial charge in [-0.05, 0) is 25.1 Å². The number of H-pyrrole nitrogens is 1. The Hall–Kier alpha value is -2.67. The molecule has 0 atom stereocenters. The summed E-state index contributed by atoms with van der Waals surface area (Å²) in [5.74, 6) is 0.0614. The van der Waals surface area contributed by atoms with Crippen LogP contribution < -0.4 is 10.6 Å². The summed E-state index contributed by atoms with van der Waals surface area (Å²) in [6.45, 7) is 3.60. The van der Waals surface area contributed by atoms with Gasteiger partial charge in [0.15, 0.2) is 5.69 Å². The van der Waals surface area contributed by atoms with Gasteiger partial charge in [-0.15, -0.1) is 0 Å². The van der Waals surface area contributed by atoms with Crippen molar-refractivity contribution >= 4 is 16.9 Å². The van der Waals surface area contributed by atoms with Gasteiger partial charge in [0, 0.05) is 41.7 Å². The minimum atomic E-state index is -0.308. The van der Waals surface area contributed by atoms with Crippen LogP contribution in [-0.4, -0.2) is 22.6 Å². The van der Waals surface area contributed by atoms with E-state index in [1.807, 2.05) is 6.92 Å². The van der Waals surface area contributed by atoms with E-state index in [-0.39, 0.29) is 18.3 Å². The molecule has 24 heavy (non-hydrogen) atoms. The van der Waals surface area contributed by atoms with Gasteiger partial charge in [0.25, 0.3) is 5.91 Å². The third-order valence-corrected chi connectivity index (χ3v) is 4.43. The SMILES string of the molecule is Cc1c(CNC(=O)c2n[nH]c3c2CNCC3)oc2ccc(F)cc12. The number of aryl methyl sites for hydroxylation is 1. The number of furan rings is 1. The first-order valence-corrected chi connectivity index (χ1v) is 7.86. The summed E-state index contributed by atoms with van der Waals surface area (Å²) in [6.07, 6.45) is 0.837. The number of hydrogen-bond donors (Lipinski definition) is 3. The van der Waals surface area contributed by atoms with E-state index in [9.17, 15) is 9.18 Å². The summed E-state index contributed by atoms with van der Waals surface area (Å²) in [5.41, 5.74) is 3.78. The molecule has 0 radical (unpaired) electrons. The molecule has 0 aliphatic carbocycles. The Labute approximate surface area is 137 Å². The zero-order chi connectivity index (χ0) is 16.7. The van der Waals surface area contributed by atoms with E-state index in [1.54, 1.807) is 6.07 Å². The van der Waals surface area contributed by atoms with Gasteiger partial charge < -0.3 is 15.1 Å². The summed E-state index contributed by atoms with van der Waals surface area (Å²) in [4.78, 5) is 12.4. The zero-order valence-electron chi connectivity index (χ0n) is 13.2. The van der Waals surface area contributed by atoms with Crippen molar-refractivity contribution in [1.82, 2.24) is 20.8 Å². The van der Waals surface area contributed by atoms with E-state index in [2.05, 4.69) is 20.8 Å². The van der Waals surface area contributed by atoms with Crippen LogP contribution in [-0.2, 0) is 19.5 Å². The van der Waals surface area contributed by atoms with Gasteiger partial charge in [0.2, 0.25) is 0 Å². The van der Waals surface area contributed by atoms with Gasteiger partial charge in [-0.1, -0.05) is 0 Å². The van der Waals surface area contributed by atoms with Crippen LogP contribution in [0.1, 0.15) is 33.1 Å². The second-order valence-corrected chi connectivity index (χ2v) is 5.93. The van der Waals surface area contributed by atoms with Gasteiger partial charge in [0.1, 0.15) is 17.2 Å². The molecular weight excluding hydrogens is 311 g/mol. The van der Waals surface area contributed by atoms with Crippen LogP contribution in [0.2, 0.25) is 0 Å². The molecule has 0 saturated heterocycles. The van der Waals surface area contributed by atoms with Crippen LogP contribution >= 0.6 is 0 Å². The van der Waals surface area contributed by atoms with Crippen LogP contribution in [0.4, 0.5) is 4.39 Å². The Kier molecular flexibility index (Phi) is 3.57. The fourth-order valence-electron chi connectivity index (χ4n) is 3.07. The lowest BCUT2D eigenvalue weighted by atomic mass is 10.1. The number of benzene rings is 1. The number of fused-ring (bicyclic) bond motifs is 2. The lowest BCUT2D eigenvalue weighted by Gasteiger charge is -2.12. The molecule has 6 nitrogen and oxygen atoms in total. The Morgan fingerprint density at radius 1 is 1.46 bits per heavy atom. The van der Waals surface area contributed by atoms with Crippen LogP contribution in [0.25, 0.3) is 11.0 Å². The number of nitrogens with zero attached hydrogens (tertiary/aromatic N) is 1. The average Bonchev–Trinajstić information content (AvgIpc) is 3.15. The molecule has 3 aromatic rings. The largest absolute Gasteiger partial charge is 0.459 e. The van der Waals surface area contributed by atoms with Crippen molar-refractivity contribution in [2.75, 3.05) is 6.54 Å². The van der Waals surface area contributed by atoms with Crippen molar-refractivity contribution in [2.45, 2.75) is 26.4 Å². The molecule has 1 aliphatic heterocycles. The molecule has 0 unspecified atom stereocenters. The monoisotopic (exact) mass is 328 g/mol. The lowest BCUT2D eigenvalue weighted by Crippen LogP contribution is -2.28. The third-order valence-electron chi connectivity index (χ3n) is 4.43. The predicted octanol–water partition coefficient (Wildman–Crippen LogP) is 2.18. The van der Waals surface area contributed by atoms with Crippen molar-refractivity contribution < 1.29 is 13.6 Å². The molecule has 1 amide bonds. The summed E-state index contributed by atoms with van der Waals surface area (Å²) < 4.78 is 19.1. The van der Waals surface area contributed by atoms with Crippen molar-refractivity contribution in [3.63, 3.8) is 0 Å². The highest BCUT2D eigenvalue weighted by atomic mass is 19.1. The van der Waals surface area contributed by atoms with Gasteiger partial charge in [0.05, 0.1) is 6.54 Å². The smallest absolute Gasteiger partial charge is 0.272 e. The zero-order valence-corrected chi connectivity index (χ0v) is 13.2. The molecule has 7 heteroatoms. The maximum atomic E-state index is 13.4. The number of aromatic nitrogens is 2. The second-order valence-electron chi connectivity index (χ2n) is 5.93. The number of nitrogens with one attached hydrogen (secondary N) is 3. The molecule has 3 heterocycles. The lowest BCUT2D eigenvalue weighted by molar-refractivity contribution is 0.0942. The number of aromatic amines is 1. The highest BCUT2D eigenvalue weighted by Gasteiger charge is 2.22. The molecule has 1 aromatic carbocycles. The van der Waals surface area contributed by atoms with Crippen molar-refractivity contribution in [3.8, 4) is 0 Å². The maximum absolute atomic E-state index is 13.4. The Bertz CT molecular complexity index is 928. The summed E-state index contributed by atoms with van der Waals surface area (Å²) in [6, 6.07) is 4.39. The Morgan fingerprint density at radius 3 is 3.21 bits per heavy atom. The van der Waals surface area contributed by atoms with E-state index in [1.165, 1.54) is 12.1 Å². The van der Waals surface area contributed by atoms with E-state index >= 15 is 0 Å². The van der Waals surface area contributed by atoms with Gasteiger partial charge >= 0.3 is 0 Å². The molecule has 0 saturated carbocycles. The molecular formula is C17H17FN4O2. The van der Waals surface area contributed by atoms with Crippen LogP contribution in [0.5, 0.6) is 0 Å². The van der Waals surface area contributed by atoms with E-state index in [0.717, 1.165) is 35.2 Å². The predicted molar refractivity (Wildman–Crippen MR) is 86.1 cm³/mol. The normalized spacial score (nSPS) is 13.9. The quantitative estimate of drug-likeness (QED) is 0.688. The fourth-order valence-corrected chi connectivity index (χ4v) is 3.07. The van der Waals surface area contributed by atoms with E-state index in [0.29, 0.717) is 23.6 Å². The topological polar surface area (TPSA) is 83.0 Å². The second kappa shape index (κ2) is 5.76. The molecule has 124 valence electrons. The minimum Gasteiger partial charge on any atom is -0.459 e. The van der Waals surface area contributed by atoms with Crippen LogP contribution in [0.3, 0.4) is 0 Å². The summed E-state index contributed by atoms with van der Waals surface area (Å²) >= 11 is 0. The number of carbonyl (C=O) groups excluding carboxylic acids is 1. The molecule has 0 spiro atoms. The van der Waals surface area contributed by atoms with Crippen molar-refractivity contribution in [2.24, 2.45) is 0 Å². The fraction of sp³-hybridized carbons (Fsp3) is 0.294. The molecule has 0 fully saturated rings. The first-order chi connectivity index (χ1) is 11.6. The average molecular weight is 328 g/mol. The number of amides is 1. The molecule has 1 aliphatic rings. The highest BCUT2D eigenvalue weighted by Crippen LogP contribution is 2.26. The highest BCUT2D eigenvalue weighted by molar-refractivity contribution is 5.94. The number of carbonyl (C=O) groups is 1. The van der Waals surface area contributed by atoms with Crippen LogP contribution in [0, 0.1) is 12.7 Å². The Morgan fingerprint density at radius 2 is 2.33 bits per heavy atom. The third kappa shape index (κ3) is 2.46. The van der Waals surface area contributed by atoms with Crippen molar-refractivity contribution in [1.29, 1.82) is 0 Å².